The number of nitrogens with one attached hydrogen (secondary N) is 1. The minimum atomic E-state index is -0.0611. The molecular weight excluding hydrogens is 488 g/mol. The topological polar surface area (TPSA) is 59.8 Å². The molecule has 5 aromatic rings. The van der Waals surface area contributed by atoms with Crippen LogP contribution in [0.5, 0.6) is 0 Å². The van der Waals surface area contributed by atoms with Crippen molar-refractivity contribution in [2.75, 3.05) is 6.54 Å². The summed E-state index contributed by atoms with van der Waals surface area (Å²) in [4.78, 5) is 21.7. The Morgan fingerprint density at radius 2 is 1.64 bits per heavy atom. The van der Waals surface area contributed by atoms with Crippen LogP contribution in [0.1, 0.15) is 27.0 Å². The van der Waals surface area contributed by atoms with Crippen molar-refractivity contribution in [3.05, 3.63) is 125 Å². The van der Waals surface area contributed by atoms with E-state index in [2.05, 4.69) is 27.0 Å². The lowest BCUT2D eigenvalue weighted by atomic mass is 10.1. The van der Waals surface area contributed by atoms with Crippen molar-refractivity contribution in [2.24, 2.45) is 0 Å². The van der Waals surface area contributed by atoms with Gasteiger partial charge in [0.2, 0.25) is 0 Å². The van der Waals surface area contributed by atoms with Crippen LogP contribution >= 0.6 is 23.4 Å². The fourth-order valence-corrected chi connectivity index (χ4v) is 5.05. The van der Waals surface area contributed by atoms with Gasteiger partial charge in [-0.05, 0) is 53.4 Å². The molecule has 0 unspecified atom stereocenters. The molecule has 0 bridgehead atoms. The van der Waals surface area contributed by atoms with Crippen LogP contribution in [0, 0.1) is 0 Å². The number of imidazole rings is 1. The number of thioether (sulfide) groups is 1. The van der Waals surface area contributed by atoms with Crippen LogP contribution < -0.4 is 5.32 Å². The highest BCUT2D eigenvalue weighted by atomic mass is 35.5. The third-order valence-electron chi connectivity index (χ3n) is 5.90. The Labute approximate surface area is 219 Å². The summed E-state index contributed by atoms with van der Waals surface area (Å²) >= 11 is 7.71. The molecule has 36 heavy (non-hydrogen) atoms. The average Bonchev–Trinajstić information content (AvgIpc) is 3.26. The number of aromatic nitrogens is 3. The van der Waals surface area contributed by atoms with E-state index in [1.807, 2.05) is 79.0 Å². The first kappa shape index (κ1) is 24.1. The first-order valence-corrected chi connectivity index (χ1v) is 13.1. The van der Waals surface area contributed by atoms with E-state index in [1.165, 1.54) is 11.1 Å². The molecule has 0 aliphatic rings. The van der Waals surface area contributed by atoms with Gasteiger partial charge in [0.15, 0.2) is 5.16 Å². The second kappa shape index (κ2) is 11.4. The van der Waals surface area contributed by atoms with Crippen molar-refractivity contribution in [1.29, 1.82) is 0 Å². The molecule has 2 heterocycles. The lowest BCUT2D eigenvalue weighted by molar-refractivity contribution is 0.0954. The van der Waals surface area contributed by atoms with Crippen LogP contribution in [-0.2, 0) is 18.7 Å². The predicted octanol–water partition coefficient (Wildman–Crippen LogP) is 6.40. The molecule has 0 aliphatic heterocycles. The molecule has 2 aromatic heterocycles. The molecule has 3 aromatic carbocycles. The van der Waals surface area contributed by atoms with E-state index in [4.69, 9.17) is 16.6 Å². The molecule has 0 spiro atoms. The largest absolute Gasteiger partial charge is 0.352 e. The minimum absolute atomic E-state index is 0.0611. The van der Waals surface area contributed by atoms with Gasteiger partial charge < -0.3 is 9.88 Å². The number of carbonyl (C=O) groups excluding carboxylic acids is 1. The van der Waals surface area contributed by atoms with Gasteiger partial charge in [-0.15, -0.1) is 0 Å². The van der Waals surface area contributed by atoms with Gasteiger partial charge in [0.1, 0.15) is 0 Å². The van der Waals surface area contributed by atoms with E-state index in [1.54, 1.807) is 18.0 Å². The maximum absolute atomic E-state index is 12.6. The SMILES string of the molecule is O=C(NCCc1ccccc1)c1ccc(Cn2c(SCc3ccc(Cl)cc3)nc3ccncc32)cc1. The Morgan fingerprint density at radius 3 is 2.42 bits per heavy atom. The zero-order valence-corrected chi connectivity index (χ0v) is 21.2. The molecule has 7 heteroatoms. The number of fused-ring (bicyclic) bond motifs is 1. The summed E-state index contributed by atoms with van der Waals surface area (Å²) in [7, 11) is 0. The molecule has 0 fully saturated rings. The lowest BCUT2D eigenvalue weighted by Gasteiger charge is -2.10. The summed E-state index contributed by atoms with van der Waals surface area (Å²) in [5.74, 6) is 0.727. The normalized spacial score (nSPS) is 11.0. The molecule has 0 saturated carbocycles. The van der Waals surface area contributed by atoms with Crippen LogP contribution in [0.25, 0.3) is 11.0 Å². The van der Waals surface area contributed by atoms with E-state index in [0.29, 0.717) is 18.7 Å². The Hall–Kier alpha value is -3.61. The summed E-state index contributed by atoms with van der Waals surface area (Å²) in [5, 5.41) is 4.67. The summed E-state index contributed by atoms with van der Waals surface area (Å²) in [5.41, 5.74) is 6.04. The summed E-state index contributed by atoms with van der Waals surface area (Å²) in [6.07, 6.45) is 4.42. The molecule has 1 amide bonds. The maximum atomic E-state index is 12.6. The second-order valence-electron chi connectivity index (χ2n) is 8.45. The molecule has 0 atom stereocenters. The van der Waals surface area contributed by atoms with E-state index < -0.39 is 0 Å². The number of hydrogen-bond acceptors (Lipinski definition) is 4. The van der Waals surface area contributed by atoms with E-state index >= 15 is 0 Å². The van der Waals surface area contributed by atoms with Crippen LogP contribution in [0.3, 0.4) is 0 Å². The van der Waals surface area contributed by atoms with Crippen molar-refractivity contribution in [2.45, 2.75) is 23.9 Å². The lowest BCUT2D eigenvalue weighted by Crippen LogP contribution is -2.25. The van der Waals surface area contributed by atoms with Gasteiger partial charge in [-0.25, -0.2) is 4.98 Å². The molecule has 0 aliphatic carbocycles. The van der Waals surface area contributed by atoms with Crippen molar-refractivity contribution in [1.82, 2.24) is 19.9 Å². The third kappa shape index (κ3) is 5.96. The zero-order chi connectivity index (χ0) is 24.7. The molecule has 5 rings (SSSR count). The van der Waals surface area contributed by atoms with Gasteiger partial charge >= 0.3 is 0 Å². The number of benzene rings is 3. The standard InChI is InChI=1S/C29H25ClN4OS/c30-25-12-8-23(9-13-25)20-36-29-33-26-15-16-31-18-27(26)34(29)19-22-6-10-24(11-7-22)28(35)32-17-14-21-4-2-1-3-5-21/h1-13,15-16,18H,14,17,19-20H2,(H,32,35). The summed E-state index contributed by atoms with van der Waals surface area (Å²) in [6, 6.07) is 27.7. The minimum Gasteiger partial charge on any atom is -0.352 e. The highest BCUT2D eigenvalue weighted by Crippen LogP contribution is 2.28. The maximum Gasteiger partial charge on any atom is 0.251 e. The molecule has 0 saturated heterocycles. The van der Waals surface area contributed by atoms with Gasteiger partial charge in [-0.1, -0.05) is 78.0 Å². The van der Waals surface area contributed by atoms with Gasteiger partial charge in [0.25, 0.3) is 5.91 Å². The number of nitrogens with zero attached hydrogens (tertiary/aromatic N) is 3. The van der Waals surface area contributed by atoms with E-state index in [9.17, 15) is 4.79 Å². The van der Waals surface area contributed by atoms with Gasteiger partial charge in [-0.2, -0.15) is 0 Å². The Kier molecular flexibility index (Phi) is 7.64. The van der Waals surface area contributed by atoms with Crippen molar-refractivity contribution < 1.29 is 4.79 Å². The van der Waals surface area contributed by atoms with Crippen molar-refractivity contribution in [3.8, 4) is 0 Å². The first-order chi connectivity index (χ1) is 17.7. The Balaban J connectivity index is 1.26. The molecule has 5 nitrogen and oxygen atoms in total. The van der Waals surface area contributed by atoms with E-state index in [0.717, 1.165) is 38.9 Å². The van der Waals surface area contributed by atoms with Crippen LogP contribution in [0.15, 0.2) is 102 Å². The van der Waals surface area contributed by atoms with Crippen molar-refractivity contribution >= 4 is 40.3 Å². The highest BCUT2D eigenvalue weighted by molar-refractivity contribution is 7.98. The monoisotopic (exact) mass is 512 g/mol. The Bertz CT molecular complexity index is 1450. The number of halogens is 1. The van der Waals surface area contributed by atoms with Gasteiger partial charge in [0.05, 0.1) is 23.8 Å². The Morgan fingerprint density at radius 1 is 0.889 bits per heavy atom. The smallest absolute Gasteiger partial charge is 0.251 e. The number of pyridine rings is 1. The molecule has 180 valence electrons. The third-order valence-corrected chi connectivity index (χ3v) is 7.20. The fourth-order valence-electron chi connectivity index (χ4n) is 3.95. The number of carbonyl (C=O) groups is 1. The van der Waals surface area contributed by atoms with Crippen molar-refractivity contribution in [3.63, 3.8) is 0 Å². The first-order valence-electron chi connectivity index (χ1n) is 11.7. The molecule has 1 N–H and O–H groups in total. The highest BCUT2D eigenvalue weighted by Gasteiger charge is 2.13. The quantitative estimate of drug-likeness (QED) is 0.232. The van der Waals surface area contributed by atoms with Gasteiger partial charge in [0, 0.05) is 29.1 Å². The number of amides is 1. The average molecular weight is 513 g/mol. The number of rotatable bonds is 9. The number of hydrogen-bond donors (Lipinski definition) is 1. The summed E-state index contributed by atoms with van der Waals surface area (Å²) < 4.78 is 2.18. The molecule has 0 radical (unpaired) electrons. The predicted molar refractivity (Wildman–Crippen MR) is 147 cm³/mol. The van der Waals surface area contributed by atoms with Crippen LogP contribution in [0.4, 0.5) is 0 Å². The van der Waals surface area contributed by atoms with E-state index in [-0.39, 0.29) is 5.91 Å². The summed E-state index contributed by atoms with van der Waals surface area (Å²) in [6.45, 7) is 1.24. The fraction of sp³-hybridized carbons (Fsp3) is 0.138. The molecular formula is C29H25ClN4OS. The van der Waals surface area contributed by atoms with Crippen LogP contribution in [-0.4, -0.2) is 27.0 Å². The second-order valence-corrected chi connectivity index (χ2v) is 9.83. The van der Waals surface area contributed by atoms with Crippen LogP contribution in [0.2, 0.25) is 5.02 Å². The zero-order valence-electron chi connectivity index (χ0n) is 19.6. The van der Waals surface area contributed by atoms with Gasteiger partial charge in [-0.3, -0.25) is 9.78 Å².